The first-order chi connectivity index (χ1) is 8.53. The third-order valence-corrected chi connectivity index (χ3v) is 3.63. The van der Waals surface area contributed by atoms with Gasteiger partial charge in [-0.05, 0) is 33.1 Å². The molecule has 0 radical (unpaired) electrons. The highest BCUT2D eigenvalue weighted by Gasteiger charge is 2.19. The molecule has 0 aromatic heterocycles. The minimum atomic E-state index is -0.468. The van der Waals surface area contributed by atoms with E-state index in [2.05, 4.69) is 5.32 Å². The van der Waals surface area contributed by atoms with Gasteiger partial charge in [-0.25, -0.2) is 0 Å². The molecule has 1 aliphatic carbocycles. The molecule has 1 aliphatic rings. The molecule has 4 heteroatoms. The van der Waals surface area contributed by atoms with E-state index in [0.717, 1.165) is 12.8 Å². The zero-order valence-corrected chi connectivity index (χ0v) is 11.8. The predicted molar refractivity (Wildman–Crippen MR) is 72.6 cm³/mol. The van der Waals surface area contributed by atoms with Crippen molar-refractivity contribution >= 4 is 0 Å². The molecule has 18 heavy (non-hydrogen) atoms. The van der Waals surface area contributed by atoms with E-state index < -0.39 is 6.10 Å². The lowest BCUT2D eigenvalue weighted by molar-refractivity contribution is -0.0248. The molecule has 0 aromatic rings. The third kappa shape index (κ3) is 6.69. The first kappa shape index (κ1) is 15.9. The van der Waals surface area contributed by atoms with Crippen LogP contribution in [0.5, 0.6) is 0 Å². The summed E-state index contributed by atoms with van der Waals surface area (Å²) in [5, 5.41) is 22.0. The molecule has 0 aromatic carbocycles. The monoisotopic (exact) mass is 259 g/mol. The fourth-order valence-electron chi connectivity index (χ4n) is 2.30. The normalized spacial score (nSPS) is 20.0. The summed E-state index contributed by atoms with van der Waals surface area (Å²) in [6.07, 6.45) is 6.66. The van der Waals surface area contributed by atoms with Gasteiger partial charge in [-0.15, -0.1) is 0 Å². The van der Waals surface area contributed by atoms with Gasteiger partial charge in [0.2, 0.25) is 0 Å². The number of ether oxygens (including phenoxy) is 1. The van der Waals surface area contributed by atoms with Crippen LogP contribution in [0.1, 0.15) is 52.4 Å². The number of β-amino-alcohol motifs (C(OH)–C–C–N with tert-alkyl or cyclic N) is 1. The average Bonchev–Trinajstić information content (AvgIpc) is 2.35. The first-order valence-corrected chi connectivity index (χ1v) is 7.19. The van der Waals surface area contributed by atoms with Crippen molar-refractivity contribution in [3.63, 3.8) is 0 Å². The average molecular weight is 259 g/mol. The molecular formula is C14H29NO3. The lowest BCUT2D eigenvalue weighted by Gasteiger charge is -2.28. The maximum Gasteiger partial charge on any atom is 0.0898 e. The van der Waals surface area contributed by atoms with Gasteiger partial charge < -0.3 is 20.3 Å². The van der Waals surface area contributed by atoms with E-state index in [-0.39, 0.29) is 12.1 Å². The SMILES string of the molecule is CC(C)(CCO)NCC(O)COC1CCCCC1. The van der Waals surface area contributed by atoms with Crippen molar-refractivity contribution in [3.05, 3.63) is 0 Å². The van der Waals surface area contributed by atoms with Gasteiger partial charge in [-0.3, -0.25) is 0 Å². The quantitative estimate of drug-likeness (QED) is 0.617. The molecule has 0 saturated heterocycles. The molecule has 1 unspecified atom stereocenters. The standard InChI is InChI=1S/C14H29NO3/c1-14(2,8-9-16)15-10-12(17)11-18-13-6-4-3-5-7-13/h12-13,15-17H,3-11H2,1-2H3. The molecule has 0 bridgehead atoms. The van der Waals surface area contributed by atoms with Crippen LogP contribution in [0.2, 0.25) is 0 Å². The lowest BCUT2D eigenvalue weighted by Crippen LogP contribution is -2.45. The molecule has 1 saturated carbocycles. The Bertz CT molecular complexity index is 215. The molecule has 108 valence electrons. The van der Waals surface area contributed by atoms with E-state index in [9.17, 15) is 5.11 Å². The van der Waals surface area contributed by atoms with Gasteiger partial charge in [-0.1, -0.05) is 19.3 Å². The highest BCUT2D eigenvalue weighted by Crippen LogP contribution is 2.20. The zero-order chi connectivity index (χ0) is 13.4. The summed E-state index contributed by atoms with van der Waals surface area (Å²) in [6, 6.07) is 0. The van der Waals surface area contributed by atoms with E-state index >= 15 is 0 Å². The lowest BCUT2D eigenvalue weighted by atomic mass is 9.98. The highest BCUT2D eigenvalue weighted by atomic mass is 16.5. The predicted octanol–water partition coefficient (Wildman–Crippen LogP) is 1.45. The van der Waals surface area contributed by atoms with Gasteiger partial charge in [0.25, 0.3) is 0 Å². The topological polar surface area (TPSA) is 61.7 Å². The maximum atomic E-state index is 9.86. The minimum absolute atomic E-state index is 0.138. The number of aliphatic hydroxyl groups is 2. The fraction of sp³-hybridized carbons (Fsp3) is 1.00. The number of nitrogens with one attached hydrogen (secondary N) is 1. The molecule has 3 N–H and O–H groups in total. The Morgan fingerprint density at radius 1 is 1.28 bits per heavy atom. The Morgan fingerprint density at radius 2 is 1.94 bits per heavy atom. The van der Waals surface area contributed by atoms with Gasteiger partial charge in [0.15, 0.2) is 0 Å². The molecule has 1 rings (SSSR count). The van der Waals surface area contributed by atoms with Crippen molar-refractivity contribution < 1.29 is 14.9 Å². The Morgan fingerprint density at radius 3 is 2.56 bits per heavy atom. The fourth-order valence-corrected chi connectivity index (χ4v) is 2.30. The van der Waals surface area contributed by atoms with Gasteiger partial charge in [0.05, 0.1) is 18.8 Å². The molecule has 4 nitrogen and oxygen atoms in total. The van der Waals surface area contributed by atoms with Gasteiger partial charge in [0.1, 0.15) is 0 Å². The van der Waals surface area contributed by atoms with E-state index in [1.165, 1.54) is 19.3 Å². The molecule has 0 spiro atoms. The number of aliphatic hydroxyl groups excluding tert-OH is 2. The third-order valence-electron chi connectivity index (χ3n) is 3.63. The number of hydrogen-bond donors (Lipinski definition) is 3. The maximum absolute atomic E-state index is 9.86. The summed E-state index contributed by atoms with van der Waals surface area (Å²) in [7, 11) is 0. The van der Waals surface area contributed by atoms with Crippen LogP contribution in [0.25, 0.3) is 0 Å². The molecule has 1 fully saturated rings. The highest BCUT2D eigenvalue weighted by molar-refractivity contribution is 4.78. The van der Waals surface area contributed by atoms with Crippen molar-refractivity contribution in [2.45, 2.75) is 70.1 Å². The second-order valence-electron chi connectivity index (χ2n) is 5.99. The number of hydrogen-bond acceptors (Lipinski definition) is 4. The molecule has 0 aliphatic heterocycles. The van der Waals surface area contributed by atoms with Crippen molar-refractivity contribution in [2.24, 2.45) is 0 Å². The van der Waals surface area contributed by atoms with Crippen LogP contribution < -0.4 is 5.32 Å². The summed E-state index contributed by atoms with van der Waals surface area (Å²) in [5.41, 5.74) is -0.138. The summed E-state index contributed by atoms with van der Waals surface area (Å²) >= 11 is 0. The van der Waals surface area contributed by atoms with Crippen LogP contribution in [0, 0.1) is 0 Å². The van der Waals surface area contributed by atoms with Crippen LogP contribution in [0.4, 0.5) is 0 Å². The van der Waals surface area contributed by atoms with E-state index in [0.29, 0.717) is 25.7 Å². The van der Waals surface area contributed by atoms with Gasteiger partial charge >= 0.3 is 0 Å². The second kappa shape index (κ2) is 8.10. The van der Waals surface area contributed by atoms with Crippen molar-refractivity contribution in [2.75, 3.05) is 19.8 Å². The zero-order valence-electron chi connectivity index (χ0n) is 11.8. The van der Waals surface area contributed by atoms with Crippen LogP contribution >= 0.6 is 0 Å². The van der Waals surface area contributed by atoms with Crippen molar-refractivity contribution in [1.29, 1.82) is 0 Å². The second-order valence-corrected chi connectivity index (χ2v) is 5.99. The van der Waals surface area contributed by atoms with Gasteiger partial charge in [-0.2, -0.15) is 0 Å². The van der Waals surface area contributed by atoms with E-state index in [1.807, 2.05) is 13.8 Å². The summed E-state index contributed by atoms with van der Waals surface area (Å²) in [6.45, 7) is 5.14. The Kier molecular flexibility index (Phi) is 7.15. The molecule has 1 atom stereocenters. The molecule has 0 amide bonds. The van der Waals surface area contributed by atoms with E-state index in [4.69, 9.17) is 9.84 Å². The van der Waals surface area contributed by atoms with Gasteiger partial charge in [0, 0.05) is 18.7 Å². The summed E-state index contributed by atoms with van der Waals surface area (Å²) in [4.78, 5) is 0. The molecule has 0 heterocycles. The largest absolute Gasteiger partial charge is 0.396 e. The minimum Gasteiger partial charge on any atom is -0.396 e. The van der Waals surface area contributed by atoms with Crippen LogP contribution in [-0.4, -0.2) is 47.7 Å². The first-order valence-electron chi connectivity index (χ1n) is 7.19. The van der Waals surface area contributed by atoms with E-state index in [1.54, 1.807) is 0 Å². The van der Waals surface area contributed by atoms with Crippen LogP contribution in [0.15, 0.2) is 0 Å². The van der Waals surface area contributed by atoms with Crippen molar-refractivity contribution in [3.8, 4) is 0 Å². The Balaban J connectivity index is 2.11. The smallest absolute Gasteiger partial charge is 0.0898 e. The number of rotatable bonds is 8. The Labute approximate surface area is 111 Å². The molecular weight excluding hydrogens is 230 g/mol. The summed E-state index contributed by atoms with van der Waals surface area (Å²) in [5.74, 6) is 0. The van der Waals surface area contributed by atoms with Crippen molar-refractivity contribution in [1.82, 2.24) is 5.32 Å². The Hall–Kier alpha value is -0.160. The van der Waals surface area contributed by atoms with Crippen LogP contribution in [0.3, 0.4) is 0 Å². The van der Waals surface area contributed by atoms with Crippen LogP contribution in [-0.2, 0) is 4.74 Å². The summed E-state index contributed by atoms with van der Waals surface area (Å²) < 4.78 is 5.73.